The Hall–Kier alpha value is -0.200. The number of ether oxygens (including phenoxy) is 2. The molecule has 0 bridgehead atoms. The van der Waals surface area contributed by atoms with Crippen LogP contribution in [0.1, 0.15) is 13.8 Å². The van der Waals surface area contributed by atoms with Crippen LogP contribution >= 0.6 is 0 Å². The van der Waals surface area contributed by atoms with Crippen LogP contribution in [0.15, 0.2) is 0 Å². The highest BCUT2D eigenvalue weighted by molar-refractivity contribution is 4.81. The fourth-order valence-corrected chi connectivity index (χ4v) is 2.68. The van der Waals surface area contributed by atoms with Gasteiger partial charge in [0.25, 0.3) is 0 Å². The molecular weight excluding hydrogens is 230 g/mol. The van der Waals surface area contributed by atoms with Gasteiger partial charge in [-0.2, -0.15) is 0 Å². The molecule has 2 aliphatic rings. The van der Waals surface area contributed by atoms with Crippen molar-refractivity contribution < 1.29 is 9.47 Å². The van der Waals surface area contributed by atoms with Crippen molar-refractivity contribution in [1.82, 2.24) is 9.80 Å². The number of hydrogen-bond donors (Lipinski definition) is 1. The van der Waals surface area contributed by atoms with Crippen LogP contribution in [-0.4, -0.2) is 80.5 Å². The average Bonchev–Trinajstić information content (AvgIpc) is 2.39. The molecule has 0 aromatic rings. The predicted molar refractivity (Wildman–Crippen MR) is 71.7 cm³/mol. The molecule has 0 aromatic heterocycles. The summed E-state index contributed by atoms with van der Waals surface area (Å²) in [6.45, 7) is 12.0. The van der Waals surface area contributed by atoms with Crippen LogP contribution in [0.5, 0.6) is 0 Å². The molecule has 2 heterocycles. The van der Waals surface area contributed by atoms with Gasteiger partial charge in [0, 0.05) is 38.8 Å². The Labute approximate surface area is 110 Å². The van der Waals surface area contributed by atoms with Gasteiger partial charge in [-0.05, 0) is 13.5 Å². The Morgan fingerprint density at radius 1 is 1.17 bits per heavy atom. The molecule has 2 rings (SSSR count). The normalized spacial score (nSPS) is 33.5. The summed E-state index contributed by atoms with van der Waals surface area (Å²) in [7, 11) is 0. The van der Waals surface area contributed by atoms with Crippen LogP contribution in [0.2, 0.25) is 0 Å². The van der Waals surface area contributed by atoms with Gasteiger partial charge in [-0.1, -0.05) is 6.92 Å². The molecule has 106 valence electrons. The van der Waals surface area contributed by atoms with E-state index >= 15 is 0 Å². The third kappa shape index (κ3) is 3.90. The molecule has 2 aliphatic heterocycles. The first kappa shape index (κ1) is 14.2. The zero-order valence-corrected chi connectivity index (χ0v) is 11.7. The summed E-state index contributed by atoms with van der Waals surface area (Å²) >= 11 is 0. The molecule has 2 saturated heterocycles. The van der Waals surface area contributed by atoms with Crippen LogP contribution in [0.25, 0.3) is 0 Å². The molecule has 2 fully saturated rings. The highest BCUT2D eigenvalue weighted by atomic mass is 16.5. The number of morpholine rings is 2. The molecule has 3 atom stereocenters. The Bertz CT molecular complexity index is 250. The standard InChI is InChI=1S/C13H27N3O2/c1-3-15-4-6-17-12(8-15)9-16-5-7-18-13(10-16)11(2)14/h11-13H,3-10,14H2,1-2H3. The Morgan fingerprint density at radius 3 is 2.61 bits per heavy atom. The fraction of sp³-hybridized carbons (Fsp3) is 1.00. The second-order valence-electron chi connectivity index (χ2n) is 5.41. The highest BCUT2D eigenvalue weighted by Crippen LogP contribution is 2.11. The lowest BCUT2D eigenvalue weighted by Gasteiger charge is -2.39. The van der Waals surface area contributed by atoms with E-state index < -0.39 is 0 Å². The second-order valence-corrected chi connectivity index (χ2v) is 5.41. The highest BCUT2D eigenvalue weighted by Gasteiger charge is 2.27. The van der Waals surface area contributed by atoms with E-state index in [1.165, 1.54) is 0 Å². The smallest absolute Gasteiger partial charge is 0.0850 e. The summed E-state index contributed by atoms with van der Waals surface area (Å²) in [5.74, 6) is 0. The van der Waals surface area contributed by atoms with Crippen LogP contribution in [-0.2, 0) is 9.47 Å². The van der Waals surface area contributed by atoms with E-state index in [0.29, 0.717) is 6.10 Å². The van der Waals surface area contributed by atoms with Crippen molar-refractivity contribution in [3.8, 4) is 0 Å². The first-order chi connectivity index (χ1) is 8.69. The largest absolute Gasteiger partial charge is 0.374 e. The molecule has 0 aromatic carbocycles. The molecule has 0 aliphatic carbocycles. The summed E-state index contributed by atoms with van der Waals surface area (Å²) in [6.07, 6.45) is 0.509. The Kier molecular flexibility index (Phi) is 5.38. The summed E-state index contributed by atoms with van der Waals surface area (Å²) < 4.78 is 11.5. The van der Waals surface area contributed by atoms with Gasteiger partial charge >= 0.3 is 0 Å². The van der Waals surface area contributed by atoms with Gasteiger partial charge in [0.15, 0.2) is 0 Å². The first-order valence-electron chi connectivity index (χ1n) is 7.12. The maximum atomic E-state index is 5.91. The number of nitrogens with zero attached hydrogens (tertiary/aromatic N) is 2. The van der Waals surface area contributed by atoms with Crippen molar-refractivity contribution in [2.45, 2.75) is 32.1 Å². The number of nitrogens with two attached hydrogens (primary N) is 1. The topological polar surface area (TPSA) is 51.0 Å². The van der Waals surface area contributed by atoms with Gasteiger partial charge in [-0.25, -0.2) is 0 Å². The third-order valence-electron chi connectivity index (χ3n) is 3.90. The summed E-state index contributed by atoms with van der Waals surface area (Å²) in [4.78, 5) is 4.89. The molecule has 0 amide bonds. The summed E-state index contributed by atoms with van der Waals surface area (Å²) in [5.41, 5.74) is 5.91. The van der Waals surface area contributed by atoms with Gasteiger partial charge in [-0.15, -0.1) is 0 Å². The van der Waals surface area contributed by atoms with E-state index in [-0.39, 0.29) is 12.1 Å². The monoisotopic (exact) mass is 257 g/mol. The van der Waals surface area contributed by atoms with Crippen molar-refractivity contribution in [1.29, 1.82) is 0 Å². The van der Waals surface area contributed by atoms with E-state index in [0.717, 1.165) is 52.5 Å². The molecular formula is C13H27N3O2. The van der Waals surface area contributed by atoms with Gasteiger partial charge in [0.05, 0.1) is 25.4 Å². The van der Waals surface area contributed by atoms with Crippen molar-refractivity contribution in [2.24, 2.45) is 5.73 Å². The van der Waals surface area contributed by atoms with Crippen molar-refractivity contribution in [3.05, 3.63) is 0 Å². The molecule has 0 saturated carbocycles. The lowest BCUT2D eigenvalue weighted by Crippen LogP contribution is -2.54. The first-order valence-corrected chi connectivity index (χ1v) is 7.12. The quantitative estimate of drug-likeness (QED) is 0.753. The molecule has 5 heteroatoms. The van der Waals surface area contributed by atoms with Crippen molar-refractivity contribution in [3.63, 3.8) is 0 Å². The van der Waals surface area contributed by atoms with Crippen LogP contribution in [0, 0.1) is 0 Å². The Morgan fingerprint density at radius 2 is 1.89 bits per heavy atom. The third-order valence-corrected chi connectivity index (χ3v) is 3.90. The maximum Gasteiger partial charge on any atom is 0.0850 e. The number of rotatable bonds is 4. The fourth-order valence-electron chi connectivity index (χ4n) is 2.68. The Balaban J connectivity index is 1.78. The summed E-state index contributed by atoms with van der Waals surface area (Å²) in [5, 5.41) is 0. The maximum absolute atomic E-state index is 5.91. The van der Waals surface area contributed by atoms with Crippen molar-refractivity contribution in [2.75, 3.05) is 52.5 Å². The molecule has 0 spiro atoms. The van der Waals surface area contributed by atoms with Gasteiger partial charge in [-0.3, -0.25) is 9.80 Å². The summed E-state index contributed by atoms with van der Waals surface area (Å²) in [6, 6.07) is 0.104. The number of hydrogen-bond acceptors (Lipinski definition) is 5. The van der Waals surface area contributed by atoms with Gasteiger partial charge in [0.1, 0.15) is 0 Å². The minimum atomic E-state index is 0.104. The molecule has 18 heavy (non-hydrogen) atoms. The van der Waals surface area contributed by atoms with Crippen molar-refractivity contribution >= 4 is 0 Å². The number of likely N-dealkylation sites (N-methyl/N-ethyl adjacent to an activating group) is 1. The second kappa shape index (κ2) is 6.82. The van der Waals surface area contributed by atoms with E-state index in [1.807, 2.05) is 6.92 Å². The zero-order valence-electron chi connectivity index (χ0n) is 11.7. The van der Waals surface area contributed by atoms with E-state index in [2.05, 4.69) is 16.7 Å². The van der Waals surface area contributed by atoms with E-state index in [4.69, 9.17) is 15.2 Å². The average molecular weight is 257 g/mol. The zero-order chi connectivity index (χ0) is 13.0. The minimum Gasteiger partial charge on any atom is -0.374 e. The minimum absolute atomic E-state index is 0.104. The SMILES string of the molecule is CCN1CCOC(CN2CCOC(C(C)N)C2)C1. The molecule has 2 N–H and O–H groups in total. The predicted octanol–water partition coefficient (Wildman–Crippen LogP) is -0.245. The van der Waals surface area contributed by atoms with Crippen LogP contribution in [0.3, 0.4) is 0 Å². The lowest BCUT2D eigenvalue weighted by atomic mass is 10.1. The van der Waals surface area contributed by atoms with E-state index in [1.54, 1.807) is 0 Å². The molecule has 0 radical (unpaired) electrons. The van der Waals surface area contributed by atoms with E-state index in [9.17, 15) is 0 Å². The molecule has 3 unspecified atom stereocenters. The van der Waals surface area contributed by atoms with Crippen LogP contribution in [0.4, 0.5) is 0 Å². The lowest BCUT2D eigenvalue weighted by molar-refractivity contribution is -0.0774. The van der Waals surface area contributed by atoms with Gasteiger partial charge < -0.3 is 15.2 Å². The van der Waals surface area contributed by atoms with Crippen LogP contribution < -0.4 is 5.73 Å². The molecule has 5 nitrogen and oxygen atoms in total. The van der Waals surface area contributed by atoms with Gasteiger partial charge in [0.2, 0.25) is 0 Å².